The number of hydrogen-bond acceptors (Lipinski definition) is 3. The lowest BCUT2D eigenvalue weighted by Gasteiger charge is -2.18. The smallest absolute Gasteiger partial charge is 0.179 e. The summed E-state index contributed by atoms with van der Waals surface area (Å²) >= 11 is 0. The van der Waals surface area contributed by atoms with E-state index in [1.165, 1.54) is 5.56 Å². The van der Waals surface area contributed by atoms with Crippen LogP contribution in [0, 0.1) is 5.92 Å². The minimum Gasteiger partial charge on any atom is -0.313 e. The summed E-state index contributed by atoms with van der Waals surface area (Å²) in [5, 5.41) is 3.41. The van der Waals surface area contributed by atoms with Gasteiger partial charge in [0.2, 0.25) is 0 Å². The van der Waals surface area contributed by atoms with E-state index in [4.69, 9.17) is 0 Å². The predicted molar refractivity (Wildman–Crippen MR) is 87.4 cm³/mol. The second-order valence-corrected chi connectivity index (χ2v) is 8.44. The summed E-state index contributed by atoms with van der Waals surface area (Å²) in [4.78, 5) is 0.454. The van der Waals surface area contributed by atoms with Crippen molar-refractivity contribution >= 4 is 9.84 Å². The highest BCUT2D eigenvalue weighted by atomic mass is 32.2. The van der Waals surface area contributed by atoms with Gasteiger partial charge in [0, 0.05) is 6.04 Å². The largest absolute Gasteiger partial charge is 0.313 e. The van der Waals surface area contributed by atoms with Gasteiger partial charge in [0.1, 0.15) is 0 Å². The Morgan fingerprint density at radius 2 is 1.81 bits per heavy atom. The molecule has 3 nitrogen and oxygen atoms in total. The van der Waals surface area contributed by atoms with Gasteiger partial charge in [-0.05, 0) is 55.3 Å². The van der Waals surface area contributed by atoms with Crippen LogP contribution in [-0.4, -0.2) is 26.8 Å². The van der Waals surface area contributed by atoms with Gasteiger partial charge in [-0.2, -0.15) is 0 Å². The minimum atomic E-state index is -3.20. The molecule has 1 saturated carbocycles. The number of benzene rings is 1. The minimum absolute atomic E-state index is 0.111. The van der Waals surface area contributed by atoms with Crippen LogP contribution in [0.4, 0.5) is 0 Å². The summed E-state index contributed by atoms with van der Waals surface area (Å²) in [6.45, 7) is 7.22. The van der Waals surface area contributed by atoms with Crippen molar-refractivity contribution < 1.29 is 8.42 Å². The van der Waals surface area contributed by atoms with Crippen LogP contribution in [0.1, 0.15) is 51.5 Å². The summed E-state index contributed by atoms with van der Waals surface area (Å²) < 4.78 is 25.2. The van der Waals surface area contributed by atoms with Gasteiger partial charge in [0.15, 0.2) is 9.84 Å². The first-order chi connectivity index (χ1) is 9.94. The Labute approximate surface area is 129 Å². The van der Waals surface area contributed by atoms with Crippen LogP contribution in [0.2, 0.25) is 0 Å². The Bertz CT molecular complexity index is 545. The molecule has 1 fully saturated rings. The Kier molecular flexibility index (Phi) is 5.44. The molecule has 1 aliphatic rings. The molecule has 4 heteroatoms. The zero-order valence-electron chi connectivity index (χ0n) is 13.3. The monoisotopic (exact) mass is 309 g/mol. The van der Waals surface area contributed by atoms with E-state index >= 15 is 0 Å². The van der Waals surface area contributed by atoms with E-state index in [1.807, 2.05) is 12.1 Å². The molecule has 0 spiro atoms. The third-order valence-corrected chi connectivity index (χ3v) is 5.94. The van der Waals surface area contributed by atoms with Crippen molar-refractivity contribution in [1.82, 2.24) is 5.32 Å². The molecular weight excluding hydrogens is 282 g/mol. The topological polar surface area (TPSA) is 46.2 Å². The van der Waals surface area contributed by atoms with Crippen LogP contribution >= 0.6 is 0 Å². The van der Waals surface area contributed by atoms with Crippen molar-refractivity contribution in [1.29, 1.82) is 0 Å². The van der Waals surface area contributed by atoms with Crippen LogP contribution in [0.25, 0.3) is 0 Å². The zero-order chi connectivity index (χ0) is 15.5. The normalized spacial score (nSPS) is 17.1. The average molecular weight is 309 g/mol. The first-order valence-electron chi connectivity index (χ1n) is 8.00. The van der Waals surface area contributed by atoms with Gasteiger partial charge in [-0.3, -0.25) is 0 Å². The SMILES string of the molecule is CCCNC(CS(=O)(=O)c1ccc(C(C)C)cc1)C1CC1. The molecular formula is C17H27NO2S. The summed E-state index contributed by atoms with van der Waals surface area (Å²) in [5.41, 5.74) is 1.18. The number of sulfone groups is 1. The Morgan fingerprint density at radius 1 is 1.19 bits per heavy atom. The molecule has 2 rings (SSSR count). The standard InChI is InChI=1S/C17H27NO2S/c1-4-11-18-17(15-5-6-15)12-21(19,20)16-9-7-14(8-10-16)13(2)3/h7-10,13,15,17-18H,4-6,11-12H2,1-3H3. The fraction of sp³-hybridized carbons (Fsp3) is 0.647. The molecule has 0 aliphatic heterocycles. The molecule has 1 aliphatic carbocycles. The number of rotatable bonds is 8. The zero-order valence-corrected chi connectivity index (χ0v) is 14.1. The van der Waals surface area contributed by atoms with Crippen molar-refractivity contribution in [2.45, 2.75) is 56.9 Å². The van der Waals surface area contributed by atoms with Crippen molar-refractivity contribution in [3.63, 3.8) is 0 Å². The quantitative estimate of drug-likeness (QED) is 0.801. The molecule has 1 aromatic carbocycles. The Morgan fingerprint density at radius 3 is 2.29 bits per heavy atom. The number of nitrogens with one attached hydrogen (secondary N) is 1. The Hall–Kier alpha value is -0.870. The maximum absolute atomic E-state index is 12.6. The van der Waals surface area contributed by atoms with Gasteiger partial charge in [-0.25, -0.2) is 8.42 Å². The maximum Gasteiger partial charge on any atom is 0.179 e. The van der Waals surface area contributed by atoms with E-state index in [1.54, 1.807) is 12.1 Å². The fourth-order valence-electron chi connectivity index (χ4n) is 2.58. The first-order valence-corrected chi connectivity index (χ1v) is 9.65. The van der Waals surface area contributed by atoms with Gasteiger partial charge in [-0.1, -0.05) is 32.9 Å². The second-order valence-electron chi connectivity index (χ2n) is 6.40. The van der Waals surface area contributed by atoms with Crippen LogP contribution in [0.5, 0.6) is 0 Å². The van der Waals surface area contributed by atoms with E-state index in [2.05, 4.69) is 26.1 Å². The van der Waals surface area contributed by atoms with Gasteiger partial charge in [0.25, 0.3) is 0 Å². The molecule has 1 N–H and O–H groups in total. The molecule has 0 bridgehead atoms. The van der Waals surface area contributed by atoms with E-state index < -0.39 is 9.84 Å². The molecule has 0 saturated heterocycles. The van der Waals surface area contributed by atoms with Gasteiger partial charge in [0.05, 0.1) is 10.6 Å². The molecule has 21 heavy (non-hydrogen) atoms. The van der Waals surface area contributed by atoms with Crippen molar-refractivity contribution in [2.24, 2.45) is 5.92 Å². The molecule has 0 heterocycles. The second kappa shape index (κ2) is 6.93. The lowest BCUT2D eigenvalue weighted by Crippen LogP contribution is -2.38. The van der Waals surface area contributed by atoms with E-state index in [9.17, 15) is 8.42 Å². The van der Waals surface area contributed by atoms with Gasteiger partial charge < -0.3 is 5.32 Å². The first kappa shape index (κ1) is 16.5. The summed E-state index contributed by atoms with van der Waals surface area (Å²) in [7, 11) is -3.20. The van der Waals surface area contributed by atoms with E-state index in [-0.39, 0.29) is 11.8 Å². The molecule has 1 atom stereocenters. The predicted octanol–water partition coefficient (Wildman–Crippen LogP) is 3.36. The van der Waals surface area contributed by atoms with Crippen LogP contribution in [0.15, 0.2) is 29.2 Å². The van der Waals surface area contributed by atoms with Crippen LogP contribution < -0.4 is 5.32 Å². The van der Waals surface area contributed by atoms with Crippen molar-refractivity contribution in [3.8, 4) is 0 Å². The molecule has 1 unspecified atom stereocenters. The molecule has 0 aromatic heterocycles. The third kappa shape index (κ3) is 4.55. The van der Waals surface area contributed by atoms with Gasteiger partial charge >= 0.3 is 0 Å². The molecule has 1 aromatic rings. The molecule has 0 radical (unpaired) electrons. The summed E-state index contributed by atoms with van der Waals surface area (Å²) in [6, 6.07) is 7.49. The highest BCUT2D eigenvalue weighted by molar-refractivity contribution is 7.91. The van der Waals surface area contributed by atoms with E-state index in [0.717, 1.165) is 25.8 Å². The summed E-state index contributed by atoms with van der Waals surface area (Å²) in [5.74, 6) is 1.19. The third-order valence-electron chi connectivity index (χ3n) is 4.15. The van der Waals surface area contributed by atoms with Crippen LogP contribution in [0.3, 0.4) is 0 Å². The van der Waals surface area contributed by atoms with Crippen LogP contribution in [-0.2, 0) is 9.84 Å². The lowest BCUT2D eigenvalue weighted by molar-refractivity contribution is 0.489. The maximum atomic E-state index is 12.6. The van der Waals surface area contributed by atoms with Crippen molar-refractivity contribution in [3.05, 3.63) is 29.8 Å². The highest BCUT2D eigenvalue weighted by Crippen LogP contribution is 2.34. The van der Waals surface area contributed by atoms with Crippen molar-refractivity contribution in [2.75, 3.05) is 12.3 Å². The average Bonchev–Trinajstić information content (AvgIpc) is 3.28. The van der Waals surface area contributed by atoms with Gasteiger partial charge in [-0.15, -0.1) is 0 Å². The molecule has 0 amide bonds. The van der Waals surface area contributed by atoms with E-state index in [0.29, 0.717) is 16.7 Å². The summed E-state index contributed by atoms with van der Waals surface area (Å²) in [6.07, 6.45) is 3.35. The fourth-order valence-corrected chi connectivity index (χ4v) is 4.19. The Balaban J connectivity index is 2.09. The number of hydrogen-bond donors (Lipinski definition) is 1. The molecule has 118 valence electrons. The highest BCUT2D eigenvalue weighted by Gasteiger charge is 2.34. The lowest BCUT2D eigenvalue weighted by atomic mass is 10.0.